The first-order chi connectivity index (χ1) is 15.5. The predicted molar refractivity (Wildman–Crippen MR) is 122 cm³/mol. The van der Waals surface area contributed by atoms with E-state index >= 15 is 0 Å². The van der Waals surface area contributed by atoms with Gasteiger partial charge in [0.05, 0.1) is 11.0 Å². The average molecular weight is 434 g/mol. The van der Waals surface area contributed by atoms with Gasteiger partial charge in [0.1, 0.15) is 5.75 Å². The van der Waals surface area contributed by atoms with Crippen molar-refractivity contribution in [2.24, 2.45) is 5.92 Å². The van der Waals surface area contributed by atoms with Gasteiger partial charge >= 0.3 is 0 Å². The average Bonchev–Trinajstić information content (AvgIpc) is 3.14. The van der Waals surface area contributed by atoms with Crippen molar-refractivity contribution in [1.29, 1.82) is 0 Å². The number of phenolic OH excluding ortho intramolecular Hbond substituents is 1. The number of hydrogen-bond acceptors (Lipinski definition) is 5. The lowest BCUT2D eigenvalue weighted by atomic mass is 9.76. The van der Waals surface area contributed by atoms with Crippen molar-refractivity contribution in [2.45, 2.75) is 44.1 Å². The van der Waals surface area contributed by atoms with Gasteiger partial charge in [-0.3, -0.25) is 14.9 Å². The normalized spacial score (nSPS) is 24.2. The topological polar surface area (TPSA) is 95.7 Å². The molecule has 1 aliphatic carbocycles. The number of rotatable bonds is 3. The van der Waals surface area contributed by atoms with E-state index in [4.69, 9.17) is 0 Å². The van der Waals surface area contributed by atoms with Crippen LogP contribution in [0.25, 0.3) is 0 Å². The van der Waals surface area contributed by atoms with Crippen molar-refractivity contribution < 1.29 is 14.8 Å². The fourth-order valence-corrected chi connectivity index (χ4v) is 5.40. The van der Waals surface area contributed by atoms with Crippen molar-refractivity contribution in [1.82, 2.24) is 4.90 Å². The van der Waals surface area contributed by atoms with Gasteiger partial charge in [-0.2, -0.15) is 0 Å². The molecule has 0 aromatic heterocycles. The minimum Gasteiger partial charge on any atom is -0.508 e. The summed E-state index contributed by atoms with van der Waals surface area (Å²) in [6, 6.07) is 9.73. The molecule has 2 heterocycles. The van der Waals surface area contributed by atoms with Crippen LogP contribution in [-0.4, -0.2) is 33.9 Å². The Labute approximate surface area is 186 Å². The van der Waals surface area contributed by atoms with Crippen molar-refractivity contribution >= 4 is 17.3 Å². The molecule has 2 aliphatic heterocycles. The molecule has 7 nitrogen and oxygen atoms in total. The number of phenols is 1. The number of benzene rings is 2. The van der Waals surface area contributed by atoms with Crippen LogP contribution in [0.4, 0.5) is 11.4 Å². The monoisotopic (exact) mass is 433 g/mol. The highest BCUT2D eigenvalue weighted by Gasteiger charge is 2.39. The van der Waals surface area contributed by atoms with E-state index in [-0.39, 0.29) is 35.2 Å². The number of nitro groups is 1. The van der Waals surface area contributed by atoms with E-state index in [9.17, 15) is 20.0 Å². The van der Waals surface area contributed by atoms with Crippen molar-refractivity contribution in [3.63, 3.8) is 0 Å². The quantitative estimate of drug-likeness (QED) is 0.397. The molecule has 3 aliphatic rings. The van der Waals surface area contributed by atoms with Gasteiger partial charge in [0.15, 0.2) is 0 Å². The Hall–Kier alpha value is -3.35. The molecule has 5 rings (SSSR count). The number of carbonyl (C=O) groups excluding carboxylic acids is 1. The number of nitro benzene ring substituents is 1. The summed E-state index contributed by atoms with van der Waals surface area (Å²) >= 11 is 0. The molecule has 1 saturated heterocycles. The summed E-state index contributed by atoms with van der Waals surface area (Å²) in [5, 5.41) is 25.3. The molecule has 1 fully saturated rings. The molecule has 32 heavy (non-hydrogen) atoms. The third-order valence-corrected chi connectivity index (χ3v) is 7.06. The second kappa shape index (κ2) is 8.30. The summed E-state index contributed by atoms with van der Waals surface area (Å²) in [7, 11) is 0. The van der Waals surface area contributed by atoms with Crippen LogP contribution in [0.5, 0.6) is 5.75 Å². The number of nitrogens with zero attached hydrogens (tertiary/aromatic N) is 2. The van der Waals surface area contributed by atoms with Crippen molar-refractivity contribution in [2.75, 3.05) is 18.4 Å². The van der Waals surface area contributed by atoms with Crippen LogP contribution < -0.4 is 5.32 Å². The van der Waals surface area contributed by atoms with E-state index in [1.165, 1.54) is 31.0 Å². The molecular weight excluding hydrogens is 406 g/mol. The number of likely N-dealkylation sites (tertiary alicyclic amines) is 1. The Morgan fingerprint density at radius 1 is 1.06 bits per heavy atom. The van der Waals surface area contributed by atoms with E-state index in [0.29, 0.717) is 11.1 Å². The molecule has 3 atom stereocenters. The number of allylic oxidation sites excluding steroid dienone is 2. The third kappa shape index (κ3) is 3.61. The van der Waals surface area contributed by atoms with Crippen LogP contribution >= 0.6 is 0 Å². The molecule has 1 amide bonds. The zero-order chi connectivity index (χ0) is 22.2. The maximum absolute atomic E-state index is 13.2. The summed E-state index contributed by atoms with van der Waals surface area (Å²) in [4.78, 5) is 26.0. The lowest BCUT2D eigenvalue weighted by molar-refractivity contribution is -0.385. The van der Waals surface area contributed by atoms with Gasteiger partial charge in [-0.15, -0.1) is 0 Å². The van der Waals surface area contributed by atoms with Crippen molar-refractivity contribution in [3.05, 3.63) is 75.4 Å². The summed E-state index contributed by atoms with van der Waals surface area (Å²) in [6.07, 6.45) is 9.55. The summed E-state index contributed by atoms with van der Waals surface area (Å²) in [5.41, 5.74) is 3.19. The largest absolute Gasteiger partial charge is 0.508 e. The maximum Gasteiger partial charge on any atom is 0.270 e. The minimum atomic E-state index is -0.440. The number of fused-ring (bicyclic) bond motifs is 3. The number of non-ortho nitro benzene ring substituents is 1. The number of aromatic hydroxyl groups is 1. The number of carbonyl (C=O) groups is 1. The highest BCUT2D eigenvalue weighted by Crippen LogP contribution is 2.51. The summed E-state index contributed by atoms with van der Waals surface area (Å²) in [5.74, 6) is 0.340. The molecule has 166 valence electrons. The summed E-state index contributed by atoms with van der Waals surface area (Å²) < 4.78 is 0. The Bertz CT molecular complexity index is 1090. The first kappa shape index (κ1) is 20.5. The number of anilines is 1. The van der Waals surface area contributed by atoms with E-state index in [1.54, 1.807) is 0 Å². The fourth-order valence-electron chi connectivity index (χ4n) is 5.40. The van der Waals surface area contributed by atoms with Crippen LogP contribution in [-0.2, 0) is 0 Å². The minimum absolute atomic E-state index is 0.0358. The molecule has 3 unspecified atom stereocenters. The van der Waals surface area contributed by atoms with Gasteiger partial charge in [0.2, 0.25) is 0 Å². The molecular formula is C25H27N3O4. The van der Waals surface area contributed by atoms with Crippen LogP contribution in [0, 0.1) is 16.0 Å². The zero-order valence-electron chi connectivity index (χ0n) is 17.9. The van der Waals surface area contributed by atoms with Gasteiger partial charge in [0, 0.05) is 48.0 Å². The van der Waals surface area contributed by atoms with Crippen molar-refractivity contribution in [3.8, 4) is 5.75 Å². The van der Waals surface area contributed by atoms with Crippen LogP contribution in [0.1, 0.15) is 65.5 Å². The lowest BCUT2D eigenvalue weighted by Crippen LogP contribution is -2.33. The Morgan fingerprint density at radius 2 is 1.84 bits per heavy atom. The van der Waals surface area contributed by atoms with E-state index in [0.717, 1.165) is 43.6 Å². The smallest absolute Gasteiger partial charge is 0.270 e. The highest BCUT2D eigenvalue weighted by atomic mass is 16.6. The fraction of sp³-hybridized carbons (Fsp3) is 0.400. The van der Waals surface area contributed by atoms with Gasteiger partial charge in [-0.1, -0.05) is 25.0 Å². The number of nitrogens with one attached hydrogen (secondary N) is 1. The standard InChI is InChI=1S/C25H27N3O4/c29-23-11-9-17(28(31)32)15-21(23)24-19-7-5-6-18(19)20-14-16(8-10-22(20)26-24)25(30)27-12-3-1-2-4-13-27/h5-6,8-11,14-15,18-19,24,26,29H,1-4,7,12-13H2. The van der Waals surface area contributed by atoms with Gasteiger partial charge < -0.3 is 15.3 Å². The molecule has 0 radical (unpaired) electrons. The number of hydrogen-bond donors (Lipinski definition) is 2. The van der Waals surface area contributed by atoms with Gasteiger partial charge in [0.25, 0.3) is 11.6 Å². The molecule has 0 spiro atoms. The Kier molecular flexibility index (Phi) is 5.33. The lowest BCUT2D eigenvalue weighted by Gasteiger charge is -2.38. The maximum atomic E-state index is 13.2. The molecule has 7 heteroatoms. The molecule has 0 bridgehead atoms. The van der Waals surface area contributed by atoms with Gasteiger partial charge in [-0.05, 0) is 55.0 Å². The molecule has 2 N–H and O–H groups in total. The first-order valence-electron chi connectivity index (χ1n) is 11.4. The summed E-state index contributed by atoms with van der Waals surface area (Å²) in [6.45, 7) is 1.63. The third-order valence-electron chi connectivity index (χ3n) is 7.06. The van der Waals surface area contributed by atoms with Crippen LogP contribution in [0.15, 0.2) is 48.6 Å². The SMILES string of the molecule is O=C(c1ccc2c(c1)C1C=CCC1C(c1cc([N+](=O)[O-])ccc1O)N2)N1CCCCCC1. The number of amides is 1. The zero-order valence-corrected chi connectivity index (χ0v) is 17.9. The Balaban J connectivity index is 1.48. The van der Waals surface area contributed by atoms with E-state index in [1.807, 2.05) is 23.1 Å². The molecule has 2 aromatic carbocycles. The highest BCUT2D eigenvalue weighted by molar-refractivity contribution is 5.95. The van der Waals surface area contributed by atoms with Crippen LogP contribution in [0.3, 0.4) is 0 Å². The molecule has 2 aromatic rings. The van der Waals surface area contributed by atoms with E-state index < -0.39 is 4.92 Å². The first-order valence-corrected chi connectivity index (χ1v) is 11.4. The second-order valence-corrected chi connectivity index (χ2v) is 8.98. The van der Waals surface area contributed by atoms with Crippen LogP contribution in [0.2, 0.25) is 0 Å². The second-order valence-electron chi connectivity index (χ2n) is 8.98. The predicted octanol–water partition coefficient (Wildman–Crippen LogP) is 5.14. The van der Waals surface area contributed by atoms with Gasteiger partial charge in [-0.25, -0.2) is 0 Å². The van der Waals surface area contributed by atoms with E-state index in [2.05, 4.69) is 17.5 Å². The Morgan fingerprint density at radius 3 is 2.59 bits per heavy atom. The molecule has 0 saturated carbocycles.